The number of ether oxygens (including phenoxy) is 3. The number of aryl methyl sites for hydroxylation is 1. The minimum absolute atomic E-state index is 0.0326. The van der Waals surface area contributed by atoms with Gasteiger partial charge in [0.2, 0.25) is 5.91 Å². The number of carbonyl (C=O) groups excluding carboxylic acids is 1. The van der Waals surface area contributed by atoms with Crippen molar-refractivity contribution >= 4 is 5.91 Å². The molecule has 1 fully saturated rings. The van der Waals surface area contributed by atoms with E-state index in [1.54, 1.807) is 14.2 Å². The summed E-state index contributed by atoms with van der Waals surface area (Å²) in [6.45, 7) is 1.87. The summed E-state index contributed by atoms with van der Waals surface area (Å²) in [6, 6.07) is 16.0. The van der Waals surface area contributed by atoms with Crippen molar-refractivity contribution in [2.75, 3.05) is 33.9 Å². The molecule has 1 unspecified atom stereocenters. The van der Waals surface area contributed by atoms with Crippen molar-refractivity contribution in [3.05, 3.63) is 59.7 Å². The molecule has 0 aromatic heterocycles. The smallest absolute Gasteiger partial charge is 0.222 e. The van der Waals surface area contributed by atoms with Crippen LogP contribution in [-0.4, -0.2) is 44.7 Å². The predicted octanol–water partition coefficient (Wildman–Crippen LogP) is 3.63. The van der Waals surface area contributed by atoms with E-state index in [4.69, 9.17) is 14.2 Å². The summed E-state index contributed by atoms with van der Waals surface area (Å²) in [5.41, 5.74) is 2.27. The van der Waals surface area contributed by atoms with Crippen LogP contribution >= 0.6 is 0 Å². The Morgan fingerprint density at radius 2 is 1.89 bits per heavy atom. The Bertz CT molecular complexity index is 747. The van der Waals surface area contributed by atoms with Gasteiger partial charge in [-0.15, -0.1) is 0 Å². The third kappa shape index (κ3) is 5.01. The molecule has 5 nitrogen and oxygen atoms in total. The molecule has 1 amide bonds. The van der Waals surface area contributed by atoms with Crippen LogP contribution in [0.25, 0.3) is 0 Å². The number of morpholine rings is 1. The summed E-state index contributed by atoms with van der Waals surface area (Å²) < 4.78 is 16.4. The number of nitrogens with zero attached hydrogens (tertiary/aromatic N) is 1. The second kappa shape index (κ2) is 9.42. The lowest BCUT2D eigenvalue weighted by atomic mass is 10.1. The highest BCUT2D eigenvalue weighted by Gasteiger charge is 2.24. The largest absolute Gasteiger partial charge is 0.493 e. The second-order valence-corrected chi connectivity index (χ2v) is 6.65. The first kappa shape index (κ1) is 19.2. The highest BCUT2D eigenvalue weighted by atomic mass is 16.5. The topological polar surface area (TPSA) is 48.0 Å². The number of amides is 1. The van der Waals surface area contributed by atoms with E-state index >= 15 is 0 Å². The van der Waals surface area contributed by atoms with Crippen LogP contribution in [0.15, 0.2) is 48.5 Å². The van der Waals surface area contributed by atoms with Crippen LogP contribution in [0.1, 0.15) is 30.1 Å². The lowest BCUT2D eigenvalue weighted by Crippen LogP contribution is -2.42. The molecule has 1 heterocycles. The minimum Gasteiger partial charge on any atom is -0.493 e. The molecule has 0 bridgehead atoms. The van der Waals surface area contributed by atoms with Gasteiger partial charge in [-0.2, -0.15) is 0 Å². The number of carbonyl (C=O) groups is 1. The van der Waals surface area contributed by atoms with E-state index in [2.05, 4.69) is 12.1 Å². The Morgan fingerprint density at radius 3 is 2.63 bits per heavy atom. The average Bonchev–Trinajstić information content (AvgIpc) is 2.74. The molecule has 1 aliphatic rings. The molecular weight excluding hydrogens is 342 g/mol. The van der Waals surface area contributed by atoms with Gasteiger partial charge in [0.05, 0.1) is 27.4 Å². The molecule has 0 N–H and O–H groups in total. The highest BCUT2D eigenvalue weighted by Crippen LogP contribution is 2.28. The summed E-state index contributed by atoms with van der Waals surface area (Å²) in [4.78, 5) is 14.5. The first-order chi connectivity index (χ1) is 13.2. The van der Waals surface area contributed by atoms with Crippen LogP contribution in [0.2, 0.25) is 0 Å². The average molecular weight is 369 g/mol. The van der Waals surface area contributed by atoms with Crippen LogP contribution in [-0.2, 0) is 16.0 Å². The molecular formula is C22H27NO4. The third-order valence-corrected chi connectivity index (χ3v) is 4.89. The van der Waals surface area contributed by atoms with Crippen LogP contribution < -0.4 is 9.47 Å². The van der Waals surface area contributed by atoms with E-state index in [1.807, 2.05) is 41.3 Å². The number of hydrogen-bond donors (Lipinski definition) is 0. The third-order valence-electron chi connectivity index (χ3n) is 4.89. The van der Waals surface area contributed by atoms with E-state index in [9.17, 15) is 4.79 Å². The van der Waals surface area contributed by atoms with Gasteiger partial charge >= 0.3 is 0 Å². The van der Waals surface area contributed by atoms with Crippen LogP contribution in [0.3, 0.4) is 0 Å². The van der Waals surface area contributed by atoms with Gasteiger partial charge in [-0.25, -0.2) is 0 Å². The van der Waals surface area contributed by atoms with Crippen molar-refractivity contribution < 1.29 is 19.0 Å². The number of benzene rings is 2. The Morgan fingerprint density at radius 1 is 1.11 bits per heavy atom. The molecule has 27 heavy (non-hydrogen) atoms. The molecule has 2 aromatic carbocycles. The van der Waals surface area contributed by atoms with Crippen LogP contribution in [0.5, 0.6) is 11.5 Å². The van der Waals surface area contributed by atoms with Crippen molar-refractivity contribution in [2.24, 2.45) is 0 Å². The zero-order valence-electron chi connectivity index (χ0n) is 16.0. The van der Waals surface area contributed by atoms with E-state index < -0.39 is 0 Å². The van der Waals surface area contributed by atoms with Gasteiger partial charge in [-0.3, -0.25) is 4.79 Å². The molecule has 144 valence electrons. The minimum atomic E-state index is -0.0326. The molecule has 0 saturated carbocycles. The molecule has 1 atom stereocenters. The quantitative estimate of drug-likeness (QED) is 0.748. The first-order valence-corrected chi connectivity index (χ1v) is 9.36. The lowest BCUT2D eigenvalue weighted by molar-refractivity contribution is -0.139. The van der Waals surface area contributed by atoms with Crippen LogP contribution in [0.4, 0.5) is 0 Å². The molecule has 0 radical (unpaired) electrons. The lowest BCUT2D eigenvalue weighted by Gasteiger charge is -2.33. The van der Waals surface area contributed by atoms with Crippen molar-refractivity contribution in [1.82, 2.24) is 4.90 Å². The fourth-order valence-corrected chi connectivity index (χ4v) is 3.38. The molecule has 5 heteroatoms. The predicted molar refractivity (Wildman–Crippen MR) is 104 cm³/mol. The second-order valence-electron chi connectivity index (χ2n) is 6.65. The summed E-state index contributed by atoms with van der Waals surface area (Å²) in [7, 11) is 3.26. The zero-order valence-corrected chi connectivity index (χ0v) is 16.0. The normalized spacial score (nSPS) is 16.8. The fourth-order valence-electron chi connectivity index (χ4n) is 3.38. The monoisotopic (exact) mass is 369 g/mol. The SMILES string of the molecule is COc1ccc(CCCC(=O)N2CCOC(c3ccccc3)C2)cc1OC. The molecule has 1 aliphatic heterocycles. The van der Waals surface area contributed by atoms with Gasteiger partial charge in [0, 0.05) is 13.0 Å². The van der Waals surface area contributed by atoms with Crippen LogP contribution in [0, 0.1) is 0 Å². The van der Waals surface area contributed by atoms with Crippen molar-refractivity contribution in [3.63, 3.8) is 0 Å². The fraction of sp³-hybridized carbons (Fsp3) is 0.409. The van der Waals surface area contributed by atoms with Gasteiger partial charge in [0.1, 0.15) is 6.10 Å². The Labute approximate surface area is 160 Å². The Balaban J connectivity index is 1.50. The van der Waals surface area contributed by atoms with Crippen molar-refractivity contribution in [2.45, 2.75) is 25.4 Å². The zero-order chi connectivity index (χ0) is 19.1. The summed E-state index contributed by atoms with van der Waals surface area (Å²) in [5, 5.41) is 0. The molecule has 0 spiro atoms. The molecule has 0 aliphatic carbocycles. The Kier molecular flexibility index (Phi) is 6.71. The molecule has 1 saturated heterocycles. The van der Waals surface area contributed by atoms with E-state index in [0.717, 1.165) is 35.5 Å². The summed E-state index contributed by atoms with van der Waals surface area (Å²) >= 11 is 0. The Hall–Kier alpha value is -2.53. The maximum absolute atomic E-state index is 12.6. The number of rotatable bonds is 7. The summed E-state index contributed by atoms with van der Waals surface area (Å²) in [6.07, 6.45) is 2.14. The van der Waals surface area contributed by atoms with E-state index in [0.29, 0.717) is 26.1 Å². The van der Waals surface area contributed by atoms with Crippen molar-refractivity contribution in [3.8, 4) is 11.5 Å². The van der Waals surface area contributed by atoms with Crippen molar-refractivity contribution in [1.29, 1.82) is 0 Å². The molecule has 3 rings (SSSR count). The first-order valence-electron chi connectivity index (χ1n) is 9.36. The van der Waals surface area contributed by atoms with Gasteiger partial charge < -0.3 is 19.1 Å². The van der Waals surface area contributed by atoms with E-state index in [-0.39, 0.29) is 12.0 Å². The summed E-state index contributed by atoms with van der Waals surface area (Å²) in [5.74, 6) is 1.64. The van der Waals surface area contributed by atoms with E-state index in [1.165, 1.54) is 0 Å². The maximum atomic E-state index is 12.6. The standard InChI is InChI=1S/C22H27NO4/c1-25-19-12-11-17(15-20(19)26-2)7-6-10-22(24)23-13-14-27-21(16-23)18-8-4-3-5-9-18/h3-5,8-9,11-12,15,21H,6-7,10,13-14,16H2,1-2H3. The maximum Gasteiger partial charge on any atom is 0.222 e. The molecule has 2 aromatic rings. The van der Waals surface area contributed by atoms with Gasteiger partial charge in [-0.05, 0) is 36.1 Å². The van der Waals surface area contributed by atoms with Gasteiger partial charge in [0.15, 0.2) is 11.5 Å². The number of hydrogen-bond acceptors (Lipinski definition) is 4. The van der Waals surface area contributed by atoms with Gasteiger partial charge in [-0.1, -0.05) is 36.4 Å². The number of methoxy groups -OCH3 is 2. The highest BCUT2D eigenvalue weighted by molar-refractivity contribution is 5.76. The van der Waals surface area contributed by atoms with Gasteiger partial charge in [0.25, 0.3) is 0 Å².